The number of hydrogen-bond donors (Lipinski definition) is 0. The average Bonchev–Trinajstić information content (AvgIpc) is 2.61. The predicted octanol–water partition coefficient (Wildman–Crippen LogP) is 5.77. The first-order valence-corrected chi connectivity index (χ1v) is 10.1. The summed E-state index contributed by atoms with van der Waals surface area (Å²) >= 11 is 0. The van der Waals surface area contributed by atoms with E-state index in [1.807, 2.05) is 0 Å². The van der Waals surface area contributed by atoms with Crippen LogP contribution in [0.5, 0.6) is 0 Å². The minimum atomic E-state index is -0.472. The Morgan fingerprint density at radius 3 is 2.17 bits per heavy atom. The maximum absolute atomic E-state index is 12.3. The lowest BCUT2D eigenvalue weighted by atomic mass is 10.00. The molecular weight excluding hydrogens is 311 g/mol. The molecule has 0 bridgehead atoms. The zero-order valence-corrected chi connectivity index (χ0v) is 16.1. The Labute approximate surface area is 147 Å². The number of carbonyl (C=O) groups excluding carboxylic acids is 1. The lowest BCUT2D eigenvalue weighted by Gasteiger charge is -2.44. The van der Waals surface area contributed by atoms with Crippen LogP contribution in [0.1, 0.15) is 47.0 Å². The maximum Gasteiger partial charge on any atom is 0.133 e. The highest BCUT2D eigenvalue weighted by Crippen LogP contribution is 2.63. The second-order valence-corrected chi connectivity index (χ2v) is 11.6. The molecule has 1 nitrogen and oxygen atoms in total. The summed E-state index contributed by atoms with van der Waals surface area (Å²) in [5, 5.41) is 1.64. The van der Waals surface area contributed by atoms with Gasteiger partial charge in [0.15, 0.2) is 0 Å². The van der Waals surface area contributed by atoms with Crippen molar-refractivity contribution in [1.29, 1.82) is 0 Å². The molecule has 24 heavy (non-hydrogen) atoms. The zero-order valence-electron chi connectivity index (χ0n) is 15.2. The van der Waals surface area contributed by atoms with Crippen molar-refractivity contribution < 1.29 is 4.79 Å². The second kappa shape index (κ2) is 6.45. The lowest BCUT2D eigenvalue weighted by molar-refractivity contribution is -0.119. The Bertz CT molecular complexity index is 731. The fourth-order valence-electron chi connectivity index (χ4n) is 4.21. The van der Waals surface area contributed by atoms with Crippen LogP contribution < -0.4 is 5.30 Å². The first-order valence-electron chi connectivity index (χ1n) is 8.78. The van der Waals surface area contributed by atoms with Crippen LogP contribution in [0.2, 0.25) is 0 Å². The van der Waals surface area contributed by atoms with Gasteiger partial charge in [-0.25, -0.2) is 0 Å². The van der Waals surface area contributed by atoms with Gasteiger partial charge < -0.3 is 0 Å². The molecule has 1 fully saturated rings. The summed E-state index contributed by atoms with van der Waals surface area (Å²) in [6.45, 7) is 9.32. The highest BCUT2D eigenvalue weighted by molar-refractivity contribution is 7.69. The number of ketones is 1. The fourth-order valence-corrected chi connectivity index (χ4v) is 8.50. The number of rotatable bonds is 2. The molecule has 1 aliphatic heterocycles. The predicted molar refractivity (Wildman–Crippen MR) is 105 cm³/mol. The molecule has 1 atom stereocenters. The smallest absolute Gasteiger partial charge is 0.133 e. The fraction of sp³-hybridized carbons (Fsp3) is 0.409. The van der Waals surface area contributed by atoms with Gasteiger partial charge in [-0.2, -0.15) is 0 Å². The van der Waals surface area contributed by atoms with Gasteiger partial charge in [0.05, 0.1) is 0 Å². The van der Waals surface area contributed by atoms with E-state index in [1.165, 1.54) is 16.4 Å². The summed E-state index contributed by atoms with van der Waals surface area (Å²) in [6, 6.07) is 19.5. The summed E-state index contributed by atoms with van der Waals surface area (Å²) in [5.41, 5.74) is 2.61. The second-order valence-electron chi connectivity index (χ2n) is 8.06. The van der Waals surface area contributed by atoms with E-state index in [1.54, 1.807) is 0 Å². The number of carbonyl (C=O) groups is 1. The van der Waals surface area contributed by atoms with Crippen molar-refractivity contribution in [3.63, 3.8) is 0 Å². The van der Waals surface area contributed by atoms with E-state index in [0.717, 1.165) is 12.8 Å². The molecule has 0 amide bonds. The van der Waals surface area contributed by atoms with E-state index in [9.17, 15) is 4.79 Å². The van der Waals surface area contributed by atoms with Gasteiger partial charge in [-0.3, -0.25) is 4.79 Å². The SMILES string of the molecule is CC1(C)CCC(=O)CC(C)(C)P1c1ccccc1-c1ccccc1. The van der Waals surface area contributed by atoms with Crippen LogP contribution in [0.4, 0.5) is 0 Å². The third kappa shape index (κ3) is 3.33. The Balaban J connectivity index is 2.18. The van der Waals surface area contributed by atoms with E-state index in [-0.39, 0.29) is 10.3 Å². The van der Waals surface area contributed by atoms with Crippen molar-refractivity contribution in [2.45, 2.75) is 57.3 Å². The zero-order chi connectivity index (χ0) is 17.4. The quantitative estimate of drug-likeness (QED) is 0.635. The molecule has 2 aromatic carbocycles. The molecule has 3 rings (SSSR count). The molecule has 0 radical (unpaired) electrons. The molecule has 1 unspecified atom stereocenters. The molecule has 2 heteroatoms. The van der Waals surface area contributed by atoms with Gasteiger partial charge in [-0.1, -0.05) is 90.2 Å². The number of hydrogen-bond acceptors (Lipinski definition) is 1. The van der Waals surface area contributed by atoms with Crippen LogP contribution in [0.15, 0.2) is 54.6 Å². The third-order valence-electron chi connectivity index (χ3n) is 5.09. The Hall–Kier alpha value is -1.46. The van der Waals surface area contributed by atoms with Crippen molar-refractivity contribution in [1.82, 2.24) is 0 Å². The molecule has 1 heterocycles. The van der Waals surface area contributed by atoms with Crippen molar-refractivity contribution in [2.24, 2.45) is 0 Å². The Morgan fingerprint density at radius 2 is 1.46 bits per heavy atom. The first-order chi connectivity index (χ1) is 11.3. The standard InChI is InChI=1S/C22H27OP/c1-21(2)15-14-18(23)16-22(3,4)24(21)20-13-9-8-12-19(20)17-10-6-5-7-11-17/h5-13H,14-16H2,1-4H3. The molecule has 0 spiro atoms. The molecule has 2 aromatic rings. The van der Waals surface area contributed by atoms with Crippen LogP contribution in [0, 0.1) is 0 Å². The molecule has 0 aromatic heterocycles. The van der Waals surface area contributed by atoms with Gasteiger partial charge in [-0.15, -0.1) is 0 Å². The lowest BCUT2D eigenvalue weighted by Crippen LogP contribution is -2.34. The van der Waals surface area contributed by atoms with Crippen LogP contribution >= 0.6 is 7.92 Å². The molecule has 1 aliphatic rings. The topological polar surface area (TPSA) is 17.1 Å². The van der Waals surface area contributed by atoms with Crippen LogP contribution in [0.25, 0.3) is 11.1 Å². The third-order valence-corrected chi connectivity index (χ3v) is 8.76. The van der Waals surface area contributed by atoms with Crippen molar-refractivity contribution in [3.05, 3.63) is 54.6 Å². The summed E-state index contributed by atoms with van der Waals surface area (Å²) in [4.78, 5) is 12.3. The van der Waals surface area contributed by atoms with E-state index < -0.39 is 7.92 Å². The number of benzene rings is 2. The molecule has 0 N–H and O–H groups in total. The molecule has 126 valence electrons. The minimum Gasteiger partial charge on any atom is -0.300 e. The Kier molecular flexibility index (Phi) is 4.67. The van der Waals surface area contributed by atoms with E-state index >= 15 is 0 Å². The van der Waals surface area contributed by atoms with Crippen LogP contribution in [0.3, 0.4) is 0 Å². The van der Waals surface area contributed by atoms with Gasteiger partial charge in [0, 0.05) is 12.8 Å². The van der Waals surface area contributed by atoms with Gasteiger partial charge in [0.2, 0.25) is 0 Å². The first kappa shape index (κ1) is 17.4. The molecule has 0 saturated carbocycles. The molecular formula is C22H27OP. The maximum atomic E-state index is 12.3. The normalized spacial score (nSPS) is 22.8. The summed E-state index contributed by atoms with van der Waals surface area (Å²) in [5.74, 6) is 0.426. The van der Waals surface area contributed by atoms with Gasteiger partial charge in [0.1, 0.15) is 5.78 Å². The van der Waals surface area contributed by atoms with Gasteiger partial charge in [0.25, 0.3) is 0 Å². The van der Waals surface area contributed by atoms with Crippen LogP contribution in [-0.2, 0) is 4.79 Å². The number of Topliss-reactive ketones (excluding diaryl/α,β-unsaturated/α-hetero) is 1. The van der Waals surface area contributed by atoms with Crippen molar-refractivity contribution in [3.8, 4) is 11.1 Å². The van der Waals surface area contributed by atoms with E-state index in [4.69, 9.17) is 0 Å². The van der Waals surface area contributed by atoms with Crippen molar-refractivity contribution in [2.75, 3.05) is 0 Å². The largest absolute Gasteiger partial charge is 0.300 e. The van der Waals surface area contributed by atoms with Gasteiger partial charge in [-0.05, 0) is 33.2 Å². The Morgan fingerprint density at radius 1 is 0.833 bits per heavy atom. The monoisotopic (exact) mass is 338 g/mol. The summed E-state index contributed by atoms with van der Waals surface area (Å²) < 4.78 is 0. The van der Waals surface area contributed by atoms with Crippen LogP contribution in [-0.4, -0.2) is 16.1 Å². The minimum absolute atomic E-state index is 0.0251. The summed E-state index contributed by atoms with van der Waals surface area (Å²) in [6.07, 6.45) is 2.41. The van der Waals surface area contributed by atoms with E-state index in [0.29, 0.717) is 12.2 Å². The molecule has 0 aliphatic carbocycles. The highest BCUT2D eigenvalue weighted by atomic mass is 31.1. The summed E-state index contributed by atoms with van der Waals surface area (Å²) in [7, 11) is -0.472. The van der Waals surface area contributed by atoms with Crippen molar-refractivity contribution >= 4 is 19.0 Å². The van der Waals surface area contributed by atoms with Gasteiger partial charge >= 0.3 is 0 Å². The average molecular weight is 338 g/mol. The van der Waals surface area contributed by atoms with E-state index in [2.05, 4.69) is 82.3 Å². The highest BCUT2D eigenvalue weighted by Gasteiger charge is 2.45. The molecule has 1 saturated heterocycles.